The molecule has 4 fully saturated rings. The molecule has 1 spiro atoms. The molecule has 4 aliphatic rings. The first kappa shape index (κ1) is 25.7. The molecule has 4 aliphatic heterocycles. The minimum atomic E-state index is -0.694. The molecular formula is C24H39N3O6S. The number of morpholine rings is 1. The lowest BCUT2D eigenvalue weighted by Crippen LogP contribution is -2.57. The highest BCUT2D eigenvalue weighted by molar-refractivity contribution is 8.02. The van der Waals surface area contributed by atoms with Crippen LogP contribution in [0, 0.1) is 17.8 Å². The number of nitrogens with one attached hydrogen (secondary N) is 1. The standard InChI is InChI=1S/C24H39N3O6S/c1-4-33-23(31)18-17-5-6-24(34-17)19(18)22(30)27(16(14-28)13-15(2)3)20(24)21(29)25-7-8-26-9-11-32-12-10-26/h15-20,28H,4-14H2,1-3H3,(H,25,29)/t16-,17-,18+,19+,20?,24?/m1/s1. The smallest absolute Gasteiger partial charge is 0.310 e. The van der Waals surface area contributed by atoms with Crippen LogP contribution in [0.25, 0.3) is 0 Å². The number of carbonyl (C=O) groups excluding carboxylic acids is 3. The van der Waals surface area contributed by atoms with Gasteiger partial charge in [0.25, 0.3) is 0 Å². The maximum Gasteiger partial charge on any atom is 0.310 e. The molecule has 4 heterocycles. The molecule has 34 heavy (non-hydrogen) atoms. The van der Waals surface area contributed by atoms with Gasteiger partial charge >= 0.3 is 5.97 Å². The van der Waals surface area contributed by atoms with Crippen LogP contribution in [0.3, 0.4) is 0 Å². The number of aliphatic hydroxyl groups is 1. The van der Waals surface area contributed by atoms with Crippen molar-refractivity contribution >= 4 is 29.5 Å². The van der Waals surface area contributed by atoms with Crippen LogP contribution in [0.1, 0.15) is 40.0 Å². The Morgan fingerprint density at radius 3 is 2.71 bits per heavy atom. The van der Waals surface area contributed by atoms with Crippen LogP contribution in [0.5, 0.6) is 0 Å². The summed E-state index contributed by atoms with van der Waals surface area (Å²) in [6.07, 6.45) is 2.10. The van der Waals surface area contributed by atoms with Gasteiger partial charge in [0.05, 0.1) is 49.1 Å². The van der Waals surface area contributed by atoms with E-state index in [-0.39, 0.29) is 42.2 Å². The second-order valence-electron chi connectivity index (χ2n) is 10.3. The maximum absolute atomic E-state index is 13.9. The van der Waals surface area contributed by atoms with Gasteiger partial charge in [0.1, 0.15) is 6.04 Å². The van der Waals surface area contributed by atoms with Crippen molar-refractivity contribution in [3.05, 3.63) is 0 Å². The highest BCUT2D eigenvalue weighted by Crippen LogP contribution is 2.66. The molecule has 0 saturated carbocycles. The van der Waals surface area contributed by atoms with Crippen molar-refractivity contribution in [2.24, 2.45) is 17.8 Å². The number of rotatable bonds is 10. The van der Waals surface area contributed by atoms with Gasteiger partial charge in [-0.1, -0.05) is 13.8 Å². The molecule has 192 valence electrons. The molecule has 6 atom stereocenters. The summed E-state index contributed by atoms with van der Waals surface area (Å²) in [6, 6.07) is -1.15. The Morgan fingerprint density at radius 2 is 2.06 bits per heavy atom. The predicted octanol–water partition coefficient (Wildman–Crippen LogP) is 0.496. The Hall–Kier alpha value is -1.36. The van der Waals surface area contributed by atoms with Crippen molar-refractivity contribution in [2.45, 2.75) is 62.1 Å². The zero-order valence-corrected chi connectivity index (χ0v) is 21.3. The summed E-state index contributed by atoms with van der Waals surface area (Å²) in [5.74, 6) is -1.55. The average molecular weight is 498 g/mol. The van der Waals surface area contributed by atoms with Crippen LogP contribution in [0.15, 0.2) is 0 Å². The van der Waals surface area contributed by atoms with Crippen LogP contribution in [-0.4, -0.2) is 107 Å². The predicted molar refractivity (Wildman–Crippen MR) is 128 cm³/mol. The SMILES string of the molecule is CCOC(=O)[C@@H]1[C@H]2C(=O)N([C@@H](CO)CC(C)C)C(C(=O)NCCN3CCOCC3)C23CC[C@H]1S3. The first-order chi connectivity index (χ1) is 16.3. The number of ether oxygens (including phenoxy) is 2. The Bertz CT molecular complexity index is 776. The average Bonchev–Trinajstić information content (AvgIpc) is 3.45. The highest BCUT2D eigenvalue weighted by Gasteiger charge is 2.74. The third kappa shape index (κ3) is 4.58. The lowest BCUT2D eigenvalue weighted by atomic mass is 9.71. The molecule has 2 unspecified atom stereocenters. The summed E-state index contributed by atoms with van der Waals surface area (Å²) in [5, 5.41) is 13.3. The van der Waals surface area contributed by atoms with Crippen LogP contribution < -0.4 is 5.32 Å². The number of fused-ring (bicyclic) bond motifs is 1. The third-order valence-electron chi connectivity index (χ3n) is 7.72. The quantitative estimate of drug-likeness (QED) is 0.420. The lowest BCUT2D eigenvalue weighted by Gasteiger charge is -2.37. The summed E-state index contributed by atoms with van der Waals surface area (Å²) in [7, 11) is 0. The Kier molecular flexibility index (Phi) is 8.11. The van der Waals surface area contributed by atoms with Gasteiger partial charge in [-0.3, -0.25) is 19.3 Å². The van der Waals surface area contributed by atoms with E-state index in [1.165, 1.54) is 0 Å². The summed E-state index contributed by atoms with van der Waals surface area (Å²) in [5.41, 5.74) is 0. The van der Waals surface area contributed by atoms with Gasteiger partial charge in [-0.2, -0.15) is 0 Å². The van der Waals surface area contributed by atoms with Crippen molar-refractivity contribution in [2.75, 3.05) is 52.6 Å². The van der Waals surface area contributed by atoms with Crippen molar-refractivity contribution < 1.29 is 29.0 Å². The van der Waals surface area contributed by atoms with E-state index in [9.17, 15) is 19.5 Å². The van der Waals surface area contributed by atoms with Gasteiger partial charge in [-0.25, -0.2) is 0 Å². The molecule has 2 N–H and O–H groups in total. The van der Waals surface area contributed by atoms with Crippen LogP contribution >= 0.6 is 11.8 Å². The number of hydrogen-bond acceptors (Lipinski definition) is 8. The van der Waals surface area contributed by atoms with E-state index in [0.717, 1.165) is 26.1 Å². The molecule has 0 aromatic rings. The number of thioether (sulfide) groups is 1. The summed E-state index contributed by atoms with van der Waals surface area (Å²) >= 11 is 1.63. The molecular weight excluding hydrogens is 458 g/mol. The highest BCUT2D eigenvalue weighted by atomic mass is 32.2. The lowest BCUT2D eigenvalue weighted by molar-refractivity contribution is -0.154. The molecule has 10 heteroatoms. The van der Waals surface area contributed by atoms with Gasteiger partial charge in [-0.15, -0.1) is 11.8 Å². The molecule has 0 radical (unpaired) electrons. The molecule has 2 amide bonds. The van der Waals surface area contributed by atoms with Gasteiger partial charge in [0.15, 0.2) is 0 Å². The number of amides is 2. The fourth-order valence-electron chi connectivity index (χ4n) is 6.37. The fraction of sp³-hybridized carbons (Fsp3) is 0.875. The van der Waals surface area contributed by atoms with E-state index >= 15 is 0 Å². The largest absolute Gasteiger partial charge is 0.466 e. The Labute approximate surface area is 206 Å². The van der Waals surface area contributed by atoms with Gasteiger partial charge in [-0.05, 0) is 32.1 Å². The van der Waals surface area contributed by atoms with E-state index in [1.54, 1.807) is 23.6 Å². The van der Waals surface area contributed by atoms with Gasteiger partial charge < -0.3 is 24.8 Å². The number of aliphatic hydroxyl groups excluding tert-OH is 1. The zero-order valence-electron chi connectivity index (χ0n) is 20.5. The van der Waals surface area contributed by atoms with E-state index < -0.39 is 28.7 Å². The van der Waals surface area contributed by atoms with Crippen LogP contribution in [-0.2, 0) is 23.9 Å². The number of likely N-dealkylation sites (tertiary alicyclic amines) is 1. The minimum Gasteiger partial charge on any atom is -0.466 e. The topological polar surface area (TPSA) is 108 Å². The first-order valence-electron chi connectivity index (χ1n) is 12.7. The molecule has 4 rings (SSSR count). The fourth-order valence-corrected chi connectivity index (χ4v) is 8.56. The van der Waals surface area contributed by atoms with Crippen LogP contribution in [0.2, 0.25) is 0 Å². The molecule has 9 nitrogen and oxygen atoms in total. The summed E-state index contributed by atoms with van der Waals surface area (Å²) < 4.78 is 10.1. The van der Waals surface area contributed by atoms with E-state index in [2.05, 4.69) is 10.2 Å². The van der Waals surface area contributed by atoms with Gasteiger partial charge in [0.2, 0.25) is 11.8 Å². The summed E-state index contributed by atoms with van der Waals surface area (Å²) in [6.45, 7) is 10.2. The number of esters is 1. The molecule has 0 aromatic carbocycles. The van der Waals surface area contributed by atoms with Crippen molar-refractivity contribution in [1.82, 2.24) is 15.1 Å². The van der Waals surface area contributed by atoms with Crippen molar-refractivity contribution in [3.8, 4) is 0 Å². The van der Waals surface area contributed by atoms with Crippen molar-refractivity contribution in [3.63, 3.8) is 0 Å². The van der Waals surface area contributed by atoms with Crippen LogP contribution in [0.4, 0.5) is 0 Å². The van der Waals surface area contributed by atoms with Gasteiger partial charge in [0, 0.05) is 31.4 Å². The Balaban J connectivity index is 1.58. The number of hydrogen-bond donors (Lipinski definition) is 2. The molecule has 2 bridgehead atoms. The molecule has 0 aromatic heterocycles. The second-order valence-corrected chi connectivity index (χ2v) is 11.9. The minimum absolute atomic E-state index is 0.00326. The number of nitrogens with zero attached hydrogens (tertiary/aromatic N) is 2. The first-order valence-corrected chi connectivity index (χ1v) is 13.6. The second kappa shape index (κ2) is 10.7. The Morgan fingerprint density at radius 1 is 1.32 bits per heavy atom. The molecule has 4 saturated heterocycles. The summed E-state index contributed by atoms with van der Waals surface area (Å²) in [4.78, 5) is 44.4. The monoisotopic (exact) mass is 497 g/mol. The van der Waals surface area contributed by atoms with E-state index in [4.69, 9.17) is 9.47 Å². The zero-order chi connectivity index (χ0) is 24.5. The normalized spacial score (nSPS) is 33.9. The maximum atomic E-state index is 13.9. The molecule has 0 aliphatic carbocycles. The third-order valence-corrected chi connectivity index (χ3v) is 9.68. The van der Waals surface area contributed by atoms with E-state index in [0.29, 0.717) is 32.6 Å². The van der Waals surface area contributed by atoms with Crippen molar-refractivity contribution in [1.29, 1.82) is 0 Å². The van der Waals surface area contributed by atoms with E-state index in [1.807, 2.05) is 13.8 Å². The number of carbonyl (C=O) groups is 3.